The number of fused-ring (bicyclic) bond motifs is 1. The highest BCUT2D eigenvalue weighted by atomic mass is 16.5. The Labute approximate surface area is 202 Å². The molecule has 2 unspecified atom stereocenters. The average Bonchev–Trinajstić information content (AvgIpc) is 2.84. The van der Waals surface area contributed by atoms with Gasteiger partial charge >= 0.3 is 0 Å². The molecule has 0 aromatic heterocycles. The van der Waals surface area contributed by atoms with Gasteiger partial charge in [0.05, 0.1) is 19.7 Å². The number of ether oxygens (including phenoxy) is 1. The quantitative estimate of drug-likeness (QED) is 0.683. The molecule has 34 heavy (non-hydrogen) atoms. The molecule has 182 valence electrons. The number of anilines is 1. The largest absolute Gasteiger partial charge is 0.496 e. The predicted octanol–water partition coefficient (Wildman–Crippen LogP) is 2.99. The van der Waals surface area contributed by atoms with Crippen LogP contribution in [0.4, 0.5) is 5.69 Å². The molecule has 1 saturated heterocycles. The van der Waals surface area contributed by atoms with Gasteiger partial charge in [-0.15, -0.1) is 0 Å². The molecular weight excluding hydrogens is 428 g/mol. The van der Waals surface area contributed by atoms with E-state index in [1.54, 1.807) is 12.0 Å². The third kappa shape index (κ3) is 5.10. The molecule has 0 bridgehead atoms. The van der Waals surface area contributed by atoms with Gasteiger partial charge in [0, 0.05) is 43.9 Å². The smallest absolute Gasteiger partial charge is 0.237 e. The van der Waals surface area contributed by atoms with Gasteiger partial charge in [-0.1, -0.05) is 30.3 Å². The van der Waals surface area contributed by atoms with Crippen LogP contribution < -0.4 is 15.0 Å². The molecule has 7 nitrogen and oxygen atoms in total. The summed E-state index contributed by atoms with van der Waals surface area (Å²) < 4.78 is 5.71. The highest BCUT2D eigenvalue weighted by Gasteiger charge is 2.35. The van der Waals surface area contributed by atoms with Crippen molar-refractivity contribution in [3.63, 3.8) is 0 Å². The summed E-state index contributed by atoms with van der Waals surface area (Å²) in [6.45, 7) is 1.76. The SMILES string of the molecule is COc1cc2c(cc1CNC1CCCN(C(=O)CN(C)C)C1c1ccccc1)N(C)C(=O)CC2. The van der Waals surface area contributed by atoms with Gasteiger partial charge in [-0.25, -0.2) is 0 Å². The summed E-state index contributed by atoms with van der Waals surface area (Å²) in [5.74, 6) is 1.13. The Kier molecular flexibility index (Phi) is 7.54. The van der Waals surface area contributed by atoms with Crippen molar-refractivity contribution in [2.75, 3.05) is 46.2 Å². The van der Waals surface area contributed by atoms with E-state index in [9.17, 15) is 9.59 Å². The van der Waals surface area contributed by atoms with Gasteiger partial charge in [0.1, 0.15) is 5.75 Å². The van der Waals surface area contributed by atoms with E-state index in [4.69, 9.17) is 4.74 Å². The van der Waals surface area contributed by atoms with Crippen molar-refractivity contribution in [3.8, 4) is 5.75 Å². The number of hydrogen-bond acceptors (Lipinski definition) is 5. The van der Waals surface area contributed by atoms with Crippen molar-refractivity contribution in [2.24, 2.45) is 0 Å². The first kappa shape index (κ1) is 24.2. The maximum atomic E-state index is 13.1. The first-order chi connectivity index (χ1) is 16.4. The lowest BCUT2D eigenvalue weighted by molar-refractivity contribution is -0.136. The van der Waals surface area contributed by atoms with Crippen LogP contribution in [0.25, 0.3) is 0 Å². The average molecular weight is 465 g/mol. The van der Waals surface area contributed by atoms with Crippen LogP contribution in [0.3, 0.4) is 0 Å². The van der Waals surface area contributed by atoms with E-state index in [-0.39, 0.29) is 23.9 Å². The van der Waals surface area contributed by atoms with Crippen molar-refractivity contribution in [1.29, 1.82) is 0 Å². The Hall–Kier alpha value is -2.90. The molecule has 1 N–H and O–H groups in total. The number of nitrogens with one attached hydrogen (secondary N) is 1. The third-order valence-corrected chi connectivity index (χ3v) is 6.92. The standard InChI is InChI=1S/C27H36N4O3/c1-29(2)18-26(33)31-14-8-11-22(27(31)19-9-6-5-7-10-19)28-17-21-15-23-20(16-24(21)34-4)12-13-25(32)30(23)3/h5-7,9-10,15-16,22,27-28H,8,11-14,17-18H2,1-4H3. The first-order valence-corrected chi connectivity index (χ1v) is 12.1. The number of nitrogens with zero attached hydrogens (tertiary/aromatic N) is 3. The molecule has 4 rings (SSSR count). The van der Waals surface area contributed by atoms with Crippen LogP contribution in [0, 0.1) is 0 Å². The number of rotatable bonds is 7. The molecule has 2 aromatic carbocycles. The van der Waals surface area contributed by atoms with Gasteiger partial charge in [0.2, 0.25) is 11.8 Å². The minimum Gasteiger partial charge on any atom is -0.496 e. The van der Waals surface area contributed by atoms with Crippen LogP contribution in [0.1, 0.15) is 42.0 Å². The third-order valence-electron chi connectivity index (χ3n) is 6.92. The number of aryl methyl sites for hydroxylation is 1. The van der Waals surface area contributed by atoms with Gasteiger partial charge in [0.15, 0.2) is 0 Å². The topological polar surface area (TPSA) is 65.1 Å². The maximum Gasteiger partial charge on any atom is 0.237 e. The van der Waals surface area contributed by atoms with Crippen molar-refractivity contribution in [2.45, 2.75) is 44.3 Å². The molecule has 1 fully saturated rings. The molecule has 0 radical (unpaired) electrons. The van der Waals surface area contributed by atoms with Crippen LogP contribution >= 0.6 is 0 Å². The minimum atomic E-state index is -0.0322. The van der Waals surface area contributed by atoms with Gasteiger partial charge in [0.25, 0.3) is 0 Å². The fraction of sp³-hybridized carbons (Fsp3) is 0.481. The molecule has 2 heterocycles. The van der Waals surface area contributed by atoms with Gasteiger partial charge in [-0.3, -0.25) is 9.59 Å². The number of carbonyl (C=O) groups is 2. The lowest BCUT2D eigenvalue weighted by Gasteiger charge is -2.42. The van der Waals surface area contributed by atoms with Crippen LogP contribution in [0.15, 0.2) is 42.5 Å². The Morgan fingerprint density at radius 3 is 2.65 bits per heavy atom. The number of amides is 2. The zero-order chi connectivity index (χ0) is 24.2. The maximum absolute atomic E-state index is 13.1. The number of carbonyl (C=O) groups excluding carboxylic acids is 2. The van der Waals surface area contributed by atoms with E-state index >= 15 is 0 Å². The molecule has 2 aromatic rings. The predicted molar refractivity (Wildman–Crippen MR) is 134 cm³/mol. The van der Waals surface area contributed by atoms with Crippen LogP contribution in [0.5, 0.6) is 5.75 Å². The van der Waals surface area contributed by atoms with Crippen LogP contribution in [-0.4, -0.2) is 69.0 Å². The zero-order valence-electron chi connectivity index (χ0n) is 20.7. The van der Waals surface area contributed by atoms with Crippen molar-refractivity contribution in [3.05, 3.63) is 59.2 Å². The summed E-state index contributed by atoms with van der Waals surface area (Å²) in [5, 5.41) is 3.74. The Balaban J connectivity index is 1.59. The summed E-state index contributed by atoms with van der Waals surface area (Å²) in [7, 11) is 7.39. The lowest BCUT2D eigenvalue weighted by Crippen LogP contribution is -2.52. The number of methoxy groups -OCH3 is 1. The minimum absolute atomic E-state index is 0.0322. The second kappa shape index (κ2) is 10.6. The molecule has 0 saturated carbocycles. The number of likely N-dealkylation sites (tertiary alicyclic amines) is 1. The van der Waals surface area contributed by atoms with E-state index in [1.165, 1.54) is 0 Å². The fourth-order valence-electron chi connectivity index (χ4n) is 5.19. The molecule has 7 heteroatoms. The summed E-state index contributed by atoms with van der Waals surface area (Å²) in [5.41, 5.74) is 4.27. The zero-order valence-corrected chi connectivity index (χ0v) is 20.7. The monoisotopic (exact) mass is 464 g/mol. The van der Waals surface area contributed by atoms with Crippen LogP contribution in [-0.2, 0) is 22.6 Å². The normalized spacial score (nSPS) is 20.4. The fourth-order valence-corrected chi connectivity index (χ4v) is 5.19. The highest BCUT2D eigenvalue weighted by Crippen LogP contribution is 2.35. The van der Waals surface area contributed by atoms with Crippen LogP contribution in [0.2, 0.25) is 0 Å². The van der Waals surface area contributed by atoms with E-state index in [2.05, 4.69) is 29.6 Å². The Morgan fingerprint density at radius 2 is 1.94 bits per heavy atom. The molecule has 0 spiro atoms. The first-order valence-electron chi connectivity index (χ1n) is 12.1. The van der Waals surface area contributed by atoms with Crippen molar-refractivity contribution >= 4 is 17.5 Å². The second-order valence-electron chi connectivity index (χ2n) is 9.56. The number of benzene rings is 2. The van der Waals surface area contributed by atoms with Gasteiger partial charge in [-0.05, 0) is 56.6 Å². The van der Waals surface area contributed by atoms with E-state index in [0.717, 1.165) is 53.9 Å². The number of likely N-dealkylation sites (N-methyl/N-ethyl adjacent to an activating group) is 1. The van der Waals surface area contributed by atoms with E-state index < -0.39 is 0 Å². The number of hydrogen-bond donors (Lipinski definition) is 1. The molecule has 2 amide bonds. The van der Waals surface area contributed by atoms with E-state index in [0.29, 0.717) is 19.5 Å². The van der Waals surface area contributed by atoms with Gasteiger partial charge < -0.3 is 24.8 Å². The number of piperidine rings is 1. The molecule has 2 aliphatic rings. The molecule has 0 aliphatic carbocycles. The van der Waals surface area contributed by atoms with Gasteiger partial charge in [-0.2, -0.15) is 0 Å². The lowest BCUT2D eigenvalue weighted by atomic mass is 9.89. The summed E-state index contributed by atoms with van der Waals surface area (Å²) >= 11 is 0. The Bertz CT molecular complexity index is 1020. The Morgan fingerprint density at radius 1 is 1.18 bits per heavy atom. The summed E-state index contributed by atoms with van der Waals surface area (Å²) in [6.07, 6.45) is 3.21. The molecule has 2 atom stereocenters. The molecule has 2 aliphatic heterocycles. The summed E-state index contributed by atoms with van der Waals surface area (Å²) in [4.78, 5) is 31.1. The van der Waals surface area contributed by atoms with Crippen molar-refractivity contribution in [1.82, 2.24) is 15.1 Å². The molecular formula is C27H36N4O3. The highest BCUT2D eigenvalue weighted by molar-refractivity contribution is 5.96. The summed E-state index contributed by atoms with van der Waals surface area (Å²) in [6, 6.07) is 14.5. The van der Waals surface area contributed by atoms with E-state index in [1.807, 2.05) is 49.1 Å². The van der Waals surface area contributed by atoms with Crippen molar-refractivity contribution < 1.29 is 14.3 Å². The second-order valence-corrected chi connectivity index (χ2v) is 9.56.